The van der Waals surface area contributed by atoms with Gasteiger partial charge in [0.25, 0.3) is 0 Å². The van der Waals surface area contributed by atoms with Gasteiger partial charge in [-0.15, -0.1) is 0 Å². The Kier molecular flexibility index (Phi) is 5.80. The predicted molar refractivity (Wildman–Crippen MR) is 102 cm³/mol. The van der Waals surface area contributed by atoms with Crippen LogP contribution in [-0.2, 0) is 4.79 Å². The van der Waals surface area contributed by atoms with Crippen molar-refractivity contribution >= 4 is 17.8 Å². The lowest BCUT2D eigenvalue weighted by atomic mass is 10.0. The number of benzene rings is 3. The zero-order valence-corrected chi connectivity index (χ0v) is 14.5. The lowest BCUT2D eigenvalue weighted by molar-refractivity contribution is -0.307. The van der Waals surface area contributed by atoms with Crippen LogP contribution < -0.4 is 9.84 Å². The van der Waals surface area contributed by atoms with E-state index >= 15 is 0 Å². The molecule has 0 aliphatic carbocycles. The molecular formula is C23H17O4-. The average Bonchev–Trinajstić information content (AvgIpc) is 2.72. The highest BCUT2D eigenvalue weighted by Crippen LogP contribution is 2.20. The van der Waals surface area contributed by atoms with E-state index in [0.717, 1.165) is 16.7 Å². The van der Waals surface area contributed by atoms with Gasteiger partial charge in [-0.2, -0.15) is 0 Å². The number of rotatable bonds is 7. The molecule has 0 saturated carbocycles. The monoisotopic (exact) mass is 357 g/mol. The number of carboxylic acid groups (broad SMARTS) is 1. The van der Waals surface area contributed by atoms with Crippen LogP contribution >= 0.6 is 0 Å². The first-order valence-electron chi connectivity index (χ1n) is 8.42. The van der Waals surface area contributed by atoms with E-state index in [1.807, 2.05) is 42.5 Å². The third-order valence-corrected chi connectivity index (χ3v) is 3.94. The molecule has 134 valence electrons. The first kappa shape index (κ1) is 18.1. The Hall–Kier alpha value is -3.66. The Balaban J connectivity index is 1.63. The highest BCUT2D eigenvalue weighted by molar-refractivity contribution is 6.06. The molecule has 3 aromatic rings. The fourth-order valence-electron chi connectivity index (χ4n) is 2.54. The number of hydrogen-bond donors (Lipinski definition) is 0. The molecule has 3 rings (SSSR count). The van der Waals surface area contributed by atoms with Gasteiger partial charge >= 0.3 is 0 Å². The molecule has 0 heterocycles. The summed E-state index contributed by atoms with van der Waals surface area (Å²) in [5.74, 6) is -1.07. The van der Waals surface area contributed by atoms with Crippen molar-refractivity contribution in [3.05, 3.63) is 96.1 Å². The number of allylic oxidation sites excluding steroid dienone is 1. The van der Waals surface area contributed by atoms with Gasteiger partial charge in [0.05, 0.1) is 5.97 Å². The lowest BCUT2D eigenvalue weighted by Gasteiger charge is -2.06. The van der Waals surface area contributed by atoms with Crippen LogP contribution in [0.25, 0.3) is 17.2 Å². The van der Waals surface area contributed by atoms with Gasteiger partial charge in [-0.05, 0) is 47.0 Å². The zero-order chi connectivity index (χ0) is 19.1. The first-order chi connectivity index (χ1) is 13.1. The van der Waals surface area contributed by atoms with Crippen molar-refractivity contribution in [3.8, 4) is 16.9 Å². The van der Waals surface area contributed by atoms with E-state index in [1.165, 1.54) is 6.08 Å². The number of ether oxygens (including phenoxy) is 1. The van der Waals surface area contributed by atoms with Gasteiger partial charge in [0.15, 0.2) is 5.78 Å². The summed E-state index contributed by atoms with van der Waals surface area (Å²) in [6.45, 7) is -0.522. The molecule has 4 heteroatoms. The van der Waals surface area contributed by atoms with Gasteiger partial charge in [-0.3, -0.25) is 4.79 Å². The van der Waals surface area contributed by atoms with Crippen LogP contribution in [0.3, 0.4) is 0 Å². The van der Waals surface area contributed by atoms with E-state index in [2.05, 4.69) is 12.1 Å². The molecule has 0 aromatic heterocycles. The quantitative estimate of drug-likeness (QED) is 0.480. The number of ketones is 1. The molecule has 0 radical (unpaired) electrons. The van der Waals surface area contributed by atoms with Gasteiger partial charge in [0, 0.05) is 5.56 Å². The minimum atomic E-state index is -1.30. The van der Waals surface area contributed by atoms with Crippen molar-refractivity contribution in [1.82, 2.24) is 0 Å². The number of carbonyl (C=O) groups excluding carboxylic acids is 2. The second kappa shape index (κ2) is 8.63. The van der Waals surface area contributed by atoms with Gasteiger partial charge in [0.2, 0.25) is 0 Å². The molecule has 0 aliphatic rings. The molecule has 0 amide bonds. The third kappa shape index (κ3) is 5.16. The molecular weight excluding hydrogens is 340 g/mol. The summed E-state index contributed by atoms with van der Waals surface area (Å²) in [4.78, 5) is 22.6. The number of aliphatic carboxylic acids is 1. The predicted octanol–water partition coefficient (Wildman–Crippen LogP) is 3.38. The van der Waals surface area contributed by atoms with E-state index in [4.69, 9.17) is 4.74 Å². The standard InChI is InChI=1S/C23H18O4/c24-22(20-11-13-21(14-12-20)27-16-23(25)26)15-8-17-6-9-19(10-7-17)18-4-2-1-3-5-18/h1-15H,16H2,(H,25,26)/p-1/b15-8+. The Morgan fingerprint density at radius 2 is 1.44 bits per heavy atom. The summed E-state index contributed by atoms with van der Waals surface area (Å²) in [6.07, 6.45) is 3.27. The maximum absolute atomic E-state index is 12.3. The smallest absolute Gasteiger partial charge is 0.185 e. The van der Waals surface area contributed by atoms with Crippen molar-refractivity contribution < 1.29 is 19.4 Å². The Bertz CT molecular complexity index is 940. The molecule has 27 heavy (non-hydrogen) atoms. The SMILES string of the molecule is O=C([O-])COc1ccc(C(=O)/C=C/c2ccc(-c3ccccc3)cc2)cc1. The average molecular weight is 357 g/mol. The van der Waals surface area contributed by atoms with Crippen LogP contribution in [0.2, 0.25) is 0 Å². The van der Waals surface area contributed by atoms with Crippen LogP contribution in [0.1, 0.15) is 15.9 Å². The van der Waals surface area contributed by atoms with Gasteiger partial charge in [-0.1, -0.05) is 60.7 Å². The molecule has 4 nitrogen and oxygen atoms in total. The molecule has 0 N–H and O–H groups in total. The summed E-state index contributed by atoms with van der Waals surface area (Å²) < 4.78 is 4.99. The topological polar surface area (TPSA) is 66.4 Å². The van der Waals surface area contributed by atoms with E-state index in [-0.39, 0.29) is 5.78 Å². The minimum Gasteiger partial charge on any atom is -0.546 e. The van der Waals surface area contributed by atoms with Gasteiger partial charge in [0.1, 0.15) is 12.4 Å². The van der Waals surface area contributed by atoms with Crippen molar-refractivity contribution in [3.63, 3.8) is 0 Å². The summed E-state index contributed by atoms with van der Waals surface area (Å²) >= 11 is 0. The van der Waals surface area contributed by atoms with E-state index in [9.17, 15) is 14.7 Å². The van der Waals surface area contributed by atoms with Crippen molar-refractivity contribution in [2.24, 2.45) is 0 Å². The van der Waals surface area contributed by atoms with Gasteiger partial charge < -0.3 is 14.6 Å². The van der Waals surface area contributed by atoms with Crippen LogP contribution in [0.5, 0.6) is 5.75 Å². The highest BCUT2D eigenvalue weighted by atomic mass is 16.5. The van der Waals surface area contributed by atoms with Crippen molar-refractivity contribution in [2.75, 3.05) is 6.61 Å². The fraction of sp³-hybridized carbons (Fsp3) is 0.0435. The van der Waals surface area contributed by atoms with Crippen LogP contribution in [0, 0.1) is 0 Å². The number of carboxylic acids is 1. The highest BCUT2D eigenvalue weighted by Gasteiger charge is 2.03. The number of hydrogen-bond acceptors (Lipinski definition) is 4. The molecule has 0 aliphatic heterocycles. The largest absolute Gasteiger partial charge is 0.546 e. The Labute approximate surface area is 157 Å². The normalized spacial score (nSPS) is 10.7. The van der Waals surface area contributed by atoms with E-state index in [1.54, 1.807) is 30.3 Å². The summed E-state index contributed by atoms with van der Waals surface area (Å²) in [6, 6.07) is 24.3. The molecule has 3 aromatic carbocycles. The summed E-state index contributed by atoms with van der Waals surface area (Å²) in [5, 5.41) is 10.4. The second-order valence-corrected chi connectivity index (χ2v) is 5.87. The second-order valence-electron chi connectivity index (χ2n) is 5.87. The van der Waals surface area contributed by atoms with E-state index < -0.39 is 12.6 Å². The molecule has 0 unspecified atom stereocenters. The van der Waals surface area contributed by atoms with E-state index in [0.29, 0.717) is 11.3 Å². The Morgan fingerprint density at radius 3 is 2.07 bits per heavy atom. The molecule has 0 saturated heterocycles. The maximum atomic E-state index is 12.3. The molecule has 0 fully saturated rings. The Morgan fingerprint density at radius 1 is 0.815 bits per heavy atom. The summed E-state index contributed by atoms with van der Waals surface area (Å²) in [7, 11) is 0. The zero-order valence-electron chi connectivity index (χ0n) is 14.5. The van der Waals surface area contributed by atoms with Crippen LogP contribution in [0.15, 0.2) is 84.9 Å². The molecule has 0 spiro atoms. The van der Waals surface area contributed by atoms with Crippen molar-refractivity contribution in [1.29, 1.82) is 0 Å². The fourth-order valence-corrected chi connectivity index (χ4v) is 2.54. The number of carbonyl (C=O) groups is 2. The van der Waals surface area contributed by atoms with Crippen LogP contribution in [0.4, 0.5) is 0 Å². The third-order valence-electron chi connectivity index (χ3n) is 3.94. The minimum absolute atomic E-state index is 0.145. The molecule has 0 bridgehead atoms. The van der Waals surface area contributed by atoms with Gasteiger partial charge in [-0.25, -0.2) is 0 Å². The maximum Gasteiger partial charge on any atom is 0.185 e. The van der Waals surface area contributed by atoms with Crippen LogP contribution in [-0.4, -0.2) is 18.4 Å². The molecule has 0 atom stereocenters. The summed E-state index contributed by atoms with van der Waals surface area (Å²) in [5.41, 5.74) is 3.68. The first-order valence-corrected chi connectivity index (χ1v) is 8.42. The van der Waals surface area contributed by atoms with Crippen molar-refractivity contribution in [2.45, 2.75) is 0 Å². The lowest BCUT2D eigenvalue weighted by Crippen LogP contribution is -2.28.